The van der Waals surface area contributed by atoms with Crippen LogP contribution in [-0.2, 0) is 16.4 Å². The van der Waals surface area contributed by atoms with Crippen molar-refractivity contribution in [2.75, 3.05) is 19.3 Å². The van der Waals surface area contributed by atoms with Gasteiger partial charge in [0.05, 0.1) is 17.0 Å². The highest BCUT2D eigenvalue weighted by molar-refractivity contribution is 7.90. The van der Waals surface area contributed by atoms with E-state index in [-0.39, 0.29) is 12.1 Å². The number of fused-ring (bicyclic) bond motifs is 1. The van der Waals surface area contributed by atoms with Crippen LogP contribution >= 0.6 is 0 Å². The molecule has 26 heavy (non-hydrogen) atoms. The predicted molar refractivity (Wildman–Crippen MR) is 98.3 cm³/mol. The van der Waals surface area contributed by atoms with Gasteiger partial charge in [-0.2, -0.15) is 5.10 Å². The Kier molecular flexibility index (Phi) is 4.62. The molecule has 4 atom stereocenters. The van der Waals surface area contributed by atoms with Gasteiger partial charge >= 0.3 is 0 Å². The van der Waals surface area contributed by atoms with Crippen LogP contribution in [-0.4, -0.2) is 53.7 Å². The van der Waals surface area contributed by atoms with Crippen LogP contribution in [0.5, 0.6) is 0 Å². The van der Waals surface area contributed by atoms with E-state index in [1.807, 2.05) is 29.1 Å². The smallest absolute Gasteiger partial charge is 0.175 e. The topological polar surface area (TPSA) is 75.4 Å². The lowest BCUT2D eigenvalue weighted by molar-refractivity contribution is 0.0306. The third-order valence-corrected chi connectivity index (χ3v) is 6.94. The Labute approximate surface area is 154 Å². The molecule has 0 radical (unpaired) electrons. The normalized spacial score (nSPS) is 29.6. The fourth-order valence-corrected chi connectivity index (χ4v) is 5.13. The van der Waals surface area contributed by atoms with Crippen LogP contribution in [0, 0.1) is 11.8 Å². The molecule has 0 amide bonds. The molecule has 2 aliphatic rings. The maximum Gasteiger partial charge on any atom is 0.175 e. The molecule has 2 aromatic rings. The molecule has 1 N–H and O–H groups in total. The van der Waals surface area contributed by atoms with Crippen molar-refractivity contribution in [3.05, 3.63) is 48.3 Å². The van der Waals surface area contributed by atoms with Gasteiger partial charge in [-0.1, -0.05) is 12.1 Å². The van der Waals surface area contributed by atoms with Gasteiger partial charge in [0.15, 0.2) is 9.84 Å². The Bertz CT molecular complexity index is 849. The monoisotopic (exact) mass is 375 g/mol. The van der Waals surface area contributed by atoms with E-state index in [1.54, 1.807) is 18.3 Å². The highest BCUT2D eigenvalue weighted by atomic mass is 32.2. The van der Waals surface area contributed by atoms with Gasteiger partial charge < -0.3 is 5.11 Å². The van der Waals surface area contributed by atoms with E-state index in [0.717, 1.165) is 38.0 Å². The summed E-state index contributed by atoms with van der Waals surface area (Å²) in [6.07, 6.45) is 6.36. The summed E-state index contributed by atoms with van der Waals surface area (Å²) in [5, 5.41) is 14.8. The second-order valence-electron chi connectivity index (χ2n) is 7.72. The fraction of sp³-hybridized carbons (Fsp3) is 0.526. The van der Waals surface area contributed by atoms with E-state index in [4.69, 9.17) is 0 Å². The lowest BCUT2D eigenvalue weighted by Crippen LogP contribution is -2.36. The summed E-state index contributed by atoms with van der Waals surface area (Å²) in [7, 11) is -3.15. The van der Waals surface area contributed by atoms with E-state index >= 15 is 0 Å². The van der Waals surface area contributed by atoms with Crippen molar-refractivity contribution >= 4 is 9.84 Å². The zero-order valence-electron chi connectivity index (χ0n) is 14.9. The quantitative estimate of drug-likeness (QED) is 0.881. The number of sulfone groups is 1. The van der Waals surface area contributed by atoms with Gasteiger partial charge in [0.25, 0.3) is 0 Å². The number of likely N-dealkylation sites (tertiary alicyclic amines) is 1. The molecule has 6 nitrogen and oxygen atoms in total. The molecule has 0 bridgehead atoms. The Morgan fingerprint density at radius 1 is 1.15 bits per heavy atom. The molecule has 1 aliphatic carbocycles. The zero-order valence-corrected chi connectivity index (χ0v) is 15.7. The summed E-state index contributed by atoms with van der Waals surface area (Å²) < 4.78 is 25.1. The van der Waals surface area contributed by atoms with Gasteiger partial charge in [0, 0.05) is 38.3 Å². The summed E-state index contributed by atoms with van der Waals surface area (Å²) in [6, 6.07) is 9.15. The molecule has 1 aromatic carbocycles. The minimum Gasteiger partial charge on any atom is -0.391 e. The molecule has 0 spiro atoms. The van der Waals surface area contributed by atoms with Crippen molar-refractivity contribution in [3.63, 3.8) is 0 Å². The summed E-state index contributed by atoms with van der Waals surface area (Å²) in [5.74, 6) is 1.09. The molecule has 2 fully saturated rings. The molecule has 1 aliphatic heterocycles. The fourth-order valence-electron chi connectivity index (χ4n) is 4.49. The van der Waals surface area contributed by atoms with Gasteiger partial charge in [0.1, 0.15) is 0 Å². The molecular formula is C19H25N3O3S. The first kappa shape index (κ1) is 17.7. The third kappa shape index (κ3) is 3.56. The van der Waals surface area contributed by atoms with E-state index in [2.05, 4.69) is 10.00 Å². The number of aliphatic hydroxyl groups excluding tert-OH is 1. The third-order valence-electron chi connectivity index (χ3n) is 5.81. The van der Waals surface area contributed by atoms with Gasteiger partial charge in [-0.25, -0.2) is 8.42 Å². The van der Waals surface area contributed by atoms with Crippen molar-refractivity contribution < 1.29 is 13.5 Å². The predicted octanol–water partition coefficient (Wildman–Crippen LogP) is 1.73. The van der Waals surface area contributed by atoms with E-state index in [9.17, 15) is 13.5 Å². The van der Waals surface area contributed by atoms with Crippen LogP contribution in [0.4, 0.5) is 0 Å². The summed E-state index contributed by atoms with van der Waals surface area (Å²) in [5.41, 5.74) is 1.13. The lowest BCUT2D eigenvalue weighted by atomic mass is 9.77. The number of rotatable bonds is 4. The standard InChI is InChI=1S/C19H25N3O3S/c1-26(24,25)17-5-3-14(4-6-17)11-21-12-15-9-18(22-8-2-7-20-22)19(23)10-16(15)13-21/h2-8,15-16,18-19,23H,9-13H2,1H3/t15-,16+,18-,19-/m1/s1. The summed E-state index contributed by atoms with van der Waals surface area (Å²) in [6.45, 7) is 2.82. The molecule has 1 aromatic heterocycles. The van der Waals surface area contributed by atoms with Gasteiger partial charge in [-0.15, -0.1) is 0 Å². The first-order valence-corrected chi connectivity index (χ1v) is 11.0. The number of nitrogens with zero attached hydrogens (tertiary/aromatic N) is 3. The Morgan fingerprint density at radius 3 is 2.46 bits per heavy atom. The molecule has 1 saturated heterocycles. The second kappa shape index (κ2) is 6.79. The zero-order chi connectivity index (χ0) is 18.3. The van der Waals surface area contributed by atoms with E-state index in [1.165, 1.54) is 6.26 Å². The van der Waals surface area contributed by atoms with E-state index in [0.29, 0.717) is 16.7 Å². The maximum atomic E-state index is 11.6. The number of aromatic nitrogens is 2. The minimum atomic E-state index is -3.15. The average molecular weight is 375 g/mol. The lowest BCUT2D eigenvalue weighted by Gasteiger charge is -2.35. The number of hydrogen-bond acceptors (Lipinski definition) is 5. The van der Waals surface area contributed by atoms with Crippen molar-refractivity contribution in [2.45, 2.75) is 36.4 Å². The Balaban J connectivity index is 1.41. The minimum absolute atomic E-state index is 0.0697. The first-order valence-electron chi connectivity index (χ1n) is 9.08. The molecule has 7 heteroatoms. The second-order valence-corrected chi connectivity index (χ2v) is 9.74. The molecule has 2 heterocycles. The van der Waals surface area contributed by atoms with Crippen molar-refractivity contribution in [2.24, 2.45) is 11.8 Å². The van der Waals surface area contributed by atoms with Gasteiger partial charge in [0.2, 0.25) is 0 Å². The Morgan fingerprint density at radius 2 is 1.85 bits per heavy atom. The largest absolute Gasteiger partial charge is 0.391 e. The van der Waals surface area contributed by atoms with Crippen LogP contribution in [0.1, 0.15) is 24.4 Å². The van der Waals surface area contributed by atoms with Crippen LogP contribution in [0.3, 0.4) is 0 Å². The van der Waals surface area contributed by atoms with Crippen molar-refractivity contribution in [1.29, 1.82) is 0 Å². The van der Waals surface area contributed by atoms with Gasteiger partial charge in [-0.3, -0.25) is 9.58 Å². The highest BCUT2D eigenvalue weighted by Crippen LogP contribution is 2.41. The van der Waals surface area contributed by atoms with Gasteiger partial charge in [-0.05, 0) is 48.4 Å². The number of aliphatic hydroxyl groups is 1. The summed E-state index contributed by atoms with van der Waals surface area (Å²) >= 11 is 0. The summed E-state index contributed by atoms with van der Waals surface area (Å²) in [4.78, 5) is 2.78. The number of hydrogen-bond donors (Lipinski definition) is 1. The molecular weight excluding hydrogens is 350 g/mol. The Hall–Kier alpha value is -1.70. The van der Waals surface area contributed by atoms with Crippen LogP contribution < -0.4 is 0 Å². The van der Waals surface area contributed by atoms with E-state index < -0.39 is 9.84 Å². The maximum absolute atomic E-state index is 11.6. The highest BCUT2D eigenvalue weighted by Gasteiger charge is 2.42. The van der Waals surface area contributed by atoms with Crippen molar-refractivity contribution in [1.82, 2.24) is 14.7 Å². The average Bonchev–Trinajstić information content (AvgIpc) is 3.22. The van der Waals surface area contributed by atoms with Crippen molar-refractivity contribution in [3.8, 4) is 0 Å². The molecule has 140 valence electrons. The van der Waals surface area contributed by atoms with Crippen LogP contribution in [0.2, 0.25) is 0 Å². The van der Waals surface area contributed by atoms with Crippen LogP contribution in [0.25, 0.3) is 0 Å². The van der Waals surface area contributed by atoms with Crippen LogP contribution in [0.15, 0.2) is 47.6 Å². The molecule has 1 saturated carbocycles. The SMILES string of the molecule is CS(=O)(=O)c1ccc(CN2C[C@H]3C[C@@H](n4cccn4)[C@H](O)C[C@H]3C2)cc1. The first-order chi connectivity index (χ1) is 12.4. The number of benzene rings is 1. The molecule has 0 unspecified atom stereocenters. The molecule has 4 rings (SSSR count).